The van der Waals surface area contributed by atoms with E-state index in [1.165, 1.54) is 10.4 Å². The van der Waals surface area contributed by atoms with E-state index in [1.807, 2.05) is 30.3 Å². The topological polar surface area (TPSA) is 43.4 Å². The SMILES string of the molecule is Cc1nc(-c2ccccc2)sc1C(C)NCc1cccc2c1OCCO2. The van der Waals surface area contributed by atoms with Crippen LogP contribution in [-0.4, -0.2) is 18.2 Å². The highest BCUT2D eigenvalue weighted by Gasteiger charge is 2.18. The van der Waals surface area contributed by atoms with Gasteiger partial charge in [0.25, 0.3) is 0 Å². The minimum absolute atomic E-state index is 0.213. The van der Waals surface area contributed by atoms with Gasteiger partial charge in [-0.25, -0.2) is 4.98 Å². The maximum absolute atomic E-state index is 5.80. The lowest BCUT2D eigenvalue weighted by atomic mass is 10.1. The minimum atomic E-state index is 0.213. The second kappa shape index (κ2) is 7.48. The van der Waals surface area contributed by atoms with Crippen LogP contribution in [-0.2, 0) is 6.54 Å². The smallest absolute Gasteiger partial charge is 0.165 e. The fraction of sp³-hybridized carbons (Fsp3) is 0.286. The second-order valence-electron chi connectivity index (χ2n) is 6.38. The lowest BCUT2D eigenvalue weighted by molar-refractivity contribution is 0.169. The van der Waals surface area contributed by atoms with Gasteiger partial charge < -0.3 is 14.8 Å². The monoisotopic (exact) mass is 366 g/mol. The highest BCUT2D eigenvalue weighted by Crippen LogP contribution is 2.35. The molecule has 1 N–H and O–H groups in total. The Morgan fingerprint density at radius 1 is 1.08 bits per heavy atom. The lowest BCUT2D eigenvalue weighted by Gasteiger charge is -2.22. The number of hydrogen-bond donors (Lipinski definition) is 1. The number of hydrogen-bond acceptors (Lipinski definition) is 5. The Morgan fingerprint density at radius 3 is 2.73 bits per heavy atom. The molecule has 2 aromatic carbocycles. The molecule has 26 heavy (non-hydrogen) atoms. The third-order valence-electron chi connectivity index (χ3n) is 4.49. The van der Waals surface area contributed by atoms with Crippen LogP contribution in [0, 0.1) is 6.92 Å². The highest BCUT2D eigenvalue weighted by atomic mass is 32.1. The number of para-hydroxylation sites is 1. The molecule has 5 heteroatoms. The number of fused-ring (bicyclic) bond motifs is 1. The Kier molecular flexibility index (Phi) is 4.91. The van der Waals surface area contributed by atoms with Crippen LogP contribution in [0.25, 0.3) is 10.6 Å². The molecular formula is C21H22N2O2S. The molecule has 4 rings (SSSR count). The van der Waals surface area contributed by atoms with E-state index in [-0.39, 0.29) is 6.04 Å². The Labute approximate surface area is 157 Å². The van der Waals surface area contributed by atoms with Gasteiger partial charge in [0.15, 0.2) is 11.5 Å². The van der Waals surface area contributed by atoms with Gasteiger partial charge in [0, 0.05) is 28.6 Å². The van der Waals surface area contributed by atoms with Crippen molar-refractivity contribution in [2.24, 2.45) is 0 Å². The zero-order chi connectivity index (χ0) is 17.9. The van der Waals surface area contributed by atoms with Crippen molar-refractivity contribution >= 4 is 11.3 Å². The highest BCUT2D eigenvalue weighted by molar-refractivity contribution is 7.15. The summed E-state index contributed by atoms with van der Waals surface area (Å²) >= 11 is 1.76. The number of nitrogens with zero attached hydrogens (tertiary/aromatic N) is 1. The molecule has 0 saturated carbocycles. The average molecular weight is 366 g/mol. The van der Waals surface area contributed by atoms with Crippen LogP contribution in [0.3, 0.4) is 0 Å². The molecule has 1 aliphatic heterocycles. The molecule has 4 nitrogen and oxygen atoms in total. The van der Waals surface area contributed by atoms with Gasteiger partial charge in [0.2, 0.25) is 0 Å². The molecule has 3 aromatic rings. The number of aryl methyl sites for hydroxylation is 1. The van der Waals surface area contributed by atoms with E-state index in [2.05, 4.69) is 37.4 Å². The summed E-state index contributed by atoms with van der Waals surface area (Å²) in [5.41, 5.74) is 3.38. The van der Waals surface area contributed by atoms with Crippen molar-refractivity contribution in [3.8, 4) is 22.1 Å². The Morgan fingerprint density at radius 2 is 1.88 bits per heavy atom. The summed E-state index contributed by atoms with van der Waals surface area (Å²) < 4.78 is 11.5. The largest absolute Gasteiger partial charge is 0.486 e. The van der Waals surface area contributed by atoms with Crippen LogP contribution < -0.4 is 14.8 Å². The number of ether oxygens (including phenoxy) is 2. The fourth-order valence-corrected chi connectivity index (χ4v) is 4.24. The molecule has 0 bridgehead atoms. The first-order chi connectivity index (χ1) is 12.7. The van der Waals surface area contributed by atoms with Crippen molar-refractivity contribution in [1.82, 2.24) is 10.3 Å². The molecule has 0 amide bonds. The summed E-state index contributed by atoms with van der Waals surface area (Å²) in [6, 6.07) is 16.6. The normalized spacial score (nSPS) is 14.2. The van der Waals surface area contributed by atoms with E-state index in [1.54, 1.807) is 11.3 Å². The zero-order valence-electron chi connectivity index (χ0n) is 15.0. The summed E-state index contributed by atoms with van der Waals surface area (Å²) in [4.78, 5) is 6.03. The summed E-state index contributed by atoms with van der Waals surface area (Å²) in [5, 5.41) is 4.68. The summed E-state index contributed by atoms with van der Waals surface area (Å²) in [6.45, 7) is 6.21. The van der Waals surface area contributed by atoms with Crippen molar-refractivity contribution in [2.75, 3.05) is 13.2 Å². The van der Waals surface area contributed by atoms with Gasteiger partial charge in [0.1, 0.15) is 18.2 Å². The van der Waals surface area contributed by atoms with E-state index < -0.39 is 0 Å². The third-order valence-corrected chi connectivity index (χ3v) is 5.88. The molecular weight excluding hydrogens is 344 g/mol. The molecule has 0 radical (unpaired) electrons. The van der Waals surface area contributed by atoms with Crippen LogP contribution >= 0.6 is 11.3 Å². The van der Waals surface area contributed by atoms with Crippen LogP contribution in [0.2, 0.25) is 0 Å². The van der Waals surface area contributed by atoms with Gasteiger partial charge in [0.05, 0.1) is 5.69 Å². The van der Waals surface area contributed by atoms with Crippen molar-refractivity contribution in [1.29, 1.82) is 0 Å². The quantitative estimate of drug-likeness (QED) is 0.708. The van der Waals surface area contributed by atoms with Crippen molar-refractivity contribution in [2.45, 2.75) is 26.4 Å². The number of nitrogens with one attached hydrogen (secondary N) is 1. The van der Waals surface area contributed by atoms with Gasteiger partial charge in [-0.15, -0.1) is 11.3 Å². The predicted molar refractivity (Wildman–Crippen MR) is 105 cm³/mol. The standard InChI is InChI=1S/C21H22N2O2S/c1-14(20-15(2)23-21(26-20)16-7-4-3-5-8-16)22-13-17-9-6-10-18-19(17)25-12-11-24-18/h3-10,14,22H,11-13H2,1-2H3. The molecule has 0 fully saturated rings. The predicted octanol–water partition coefficient (Wildman–Crippen LogP) is 4.74. The molecule has 2 heterocycles. The number of benzene rings is 2. The van der Waals surface area contributed by atoms with Crippen LogP contribution in [0.15, 0.2) is 48.5 Å². The maximum atomic E-state index is 5.80. The van der Waals surface area contributed by atoms with Gasteiger partial charge >= 0.3 is 0 Å². The van der Waals surface area contributed by atoms with E-state index in [4.69, 9.17) is 14.5 Å². The van der Waals surface area contributed by atoms with Crippen molar-refractivity contribution < 1.29 is 9.47 Å². The first-order valence-electron chi connectivity index (χ1n) is 8.86. The number of thiazole rings is 1. The Hall–Kier alpha value is -2.37. The molecule has 1 aromatic heterocycles. The van der Waals surface area contributed by atoms with E-state index in [0.717, 1.165) is 34.3 Å². The first kappa shape index (κ1) is 17.1. The number of rotatable bonds is 5. The Bertz CT molecular complexity index is 892. The van der Waals surface area contributed by atoms with Crippen LogP contribution in [0.5, 0.6) is 11.5 Å². The maximum Gasteiger partial charge on any atom is 0.165 e. The average Bonchev–Trinajstić information content (AvgIpc) is 3.08. The molecule has 0 saturated heterocycles. The lowest BCUT2D eigenvalue weighted by Crippen LogP contribution is -2.21. The molecule has 0 spiro atoms. The minimum Gasteiger partial charge on any atom is -0.486 e. The molecule has 1 aliphatic rings. The molecule has 134 valence electrons. The van der Waals surface area contributed by atoms with Gasteiger partial charge in [-0.1, -0.05) is 42.5 Å². The van der Waals surface area contributed by atoms with E-state index >= 15 is 0 Å². The van der Waals surface area contributed by atoms with Gasteiger partial charge in [-0.05, 0) is 19.9 Å². The third kappa shape index (κ3) is 3.45. The van der Waals surface area contributed by atoms with E-state index in [0.29, 0.717) is 13.2 Å². The van der Waals surface area contributed by atoms with Crippen LogP contribution in [0.4, 0.5) is 0 Å². The first-order valence-corrected chi connectivity index (χ1v) is 9.67. The van der Waals surface area contributed by atoms with E-state index in [9.17, 15) is 0 Å². The van der Waals surface area contributed by atoms with Gasteiger partial charge in [-0.2, -0.15) is 0 Å². The Balaban J connectivity index is 1.49. The molecule has 1 unspecified atom stereocenters. The second-order valence-corrected chi connectivity index (χ2v) is 7.41. The number of aromatic nitrogens is 1. The molecule has 1 atom stereocenters. The summed E-state index contributed by atoms with van der Waals surface area (Å²) in [7, 11) is 0. The zero-order valence-corrected chi connectivity index (χ0v) is 15.8. The fourth-order valence-electron chi connectivity index (χ4n) is 3.14. The van der Waals surface area contributed by atoms with Crippen molar-refractivity contribution in [3.63, 3.8) is 0 Å². The molecule has 0 aliphatic carbocycles. The summed E-state index contributed by atoms with van der Waals surface area (Å²) in [6.07, 6.45) is 0. The van der Waals surface area contributed by atoms with Crippen LogP contribution in [0.1, 0.15) is 29.1 Å². The summed E-state index contributed by atoms with van der Waals surface area (Å²) in [5.74, 6) is 1.70. The van der Waals surface area contributed by atoms with Crippen molar-refractivity contribution in [3.05, 3.63) is 64.7 Å². The van der Waals surface area contributed by atoms with Gasteiger partial charge in [-0.3, -0.25) is 0 Å².